The first-order chi connectivity index (χ1) is 10.5. The molecule has 1 aromatic rings. The molecule has 122 valence electrons. The molecular formula is C16H24N2O3S. The predicted octanol–water partition coefficient (Wildman–Crippen LogP) is 1.91. The van der Waals surface area contributed by atoms with E-state index in [0.717, 1.165) is 37.9 Å². The smallest absolute Gasteiger partial charge is 0.240 e. The Morgan fingerprint density at radius 2 is 2.18 bits per heavy atom. The Hall–Kier alpha value is -1.11. The molecule has 22 heavy (non-hydrogen) atoms. The van der Waals surface area contributed by atoms with Crippen LogP contribution in [0.1, 0.15) is 31.7 Å². The van der Waals surface area contributed by atoms with Gasteiger partial charge in [0.2, 0.25) is 10.0 Å². The van der Waals surface area contributed by atoms with E-state index < -0.39 is 10.0 Å². The third-order valence-electron chi connectivity index (χ3n) is 4.52. The van der Waals surface area contributed by atoms with Crippen molar-refractivity contribution in [2.45, 2.75) is 49.6 Å². The minimum Gasteiger partial charge on any atom is -0.378 e. The number of sulfonamides is 1. The number of fused-ring (bicyclic) bond motifs is 1. The fourth-order valence-electron chi connectivity index (χ4n) is 3.30. The number of nitrogens with zero attached hydrogens (tertiary/aromatic N) is 1. The molecule has 0 saturated carbocycles. The molecule has 2 aliphatic rings. The topological polar surface area (TPSA) is 58.6 Å². The highest BCUT2D eigenvalue weighted by Crippen LogP contribution is 2.29. The quantitative estimate of drug-likeness (QED) is 0.923. The molecule has 2 aliphatic heterocycles. The predicted molar refractivity (Wildman–Crippen MR) is 86.8 cm³/mol. The van der Waals surface area contributed by atoms with E-state index >= 15 is 0 Å². The number of hydrogen-bond acceptors (Lipinski definition) is 4. The third kappa shape index (κ3) is 3.29. The van der Waals surface area contributed by atoms with Crippen molar-refractivity contribution < 1.29 is 13.2 Å². The van der Waals surface area contributed by atoms with Gasteiger partial charge in [-0.3, -0.25) is 0 Å². The lowest BCUT2D eigenvalue weighted by atomic mass is 10.0. The van der Waals surface area contributed by atoms with Gasteiger partial charge in [-0.1, -0.05) is 6.07 Å². The highest BCUT2D eigenvalue weighted by molar-refractivity contribution is 7.89. The molecule has 1 N–H and O–H groups in total. The van der Waals surface area contributed by atoms with Crippen molar-refractivity contribution in [2.24, 2.45) is 0 Å². The lowest BCUT2D eigenvalue weighted by Crippen LogP contribution is -2.41. The van der Waals surface area contributed by atoms with Gasteiger partial charge in [0.15, 0.2) is 0 Å². The lowest BCUT2D eigenvalue weighted by molar-refractivity contribution is 0.0173. The van der Waals surface area contributed by atoms with E-state index in [1.165, 1.54) is 5.56 Å². The van der Waals surface area contributed by atoms with Crippen molar-refractivity contribution in [1.82, 2.24) is 4.72 Å². The SMILES string of the molecule is C[C@@H]1C[C@H](NS(=O)(=O)c2ccc3c(c2)N(C)CCC3)CCO1. The van der Waals surface area contributed by atoms with Crippen LogP contribution in [-0.4, -0.2) is 40.8 Å². The minimum absolute atomic E-state index is 0.0393. The van der Waals surface area contributed by atoms with E-state index in [1.54, 1.807) is 12.1 Å². The van der Waals surface area contributed by atoms with E-state index in [4.69, 9.17) is 4.74 Å². The molecule has 0 amide bonds. The number of benzene rings is 1. The number of hydrogen-bond donors (Lipinski definition) is 1. The normalized spacial score (nSPS) is 25.8. The van der Waals surface area contributed by atoms with Crippen molar-refractivity contribution in [3.8, 4) is 0 Å². The zero-order chi connectivity index (χ0) is 15.7. The van der Waals surface area contributed by atoms with Crippen LogP contribution in [-0.2, 0) is 21.2 Å². The van der Waals surface area contributed by atoms with E-state index in [9.17, 15) is 8.42 Å². The van der Waals surface area contributed by atoms with Crippen LogP contribution in [0.2, 0.25) is 0 Å². The van der Waals surface area contributed by atoms with Gasteiger partial charge in [-0.05, 0) is 50.3 Å². The Labute approximate surface area is 132 Å². The van der Waals surface area contributed by atoms with Gasteiger partial charge in [0.1, 0.15) is 0 Å². The molecule has 0 unspecified atom stereocenters. The summed E-state index contributed by atoms with van der Waals surface area (Å²) in [6.45, 7) is 3.57. The van der Waals surface area contributed by atoms with E-state index in [1.807, 2.05) is 20.0 Å². The van der Waals surface area contributed by atoms with Crippen LogP contribution >= 0.6 is 0 Å². The van der Waals surface area contributed by atoms with Crippen LogP contribution < -0.4 is 9.62 Å². The van der Waals surface area contributed by atoms with Crippen LogP contribution in [0.3, 0.4) is 0 Å². The first-order valence-corrected chi connectivity index (χ1v) is 9.42. The second-order valence-electron chi connectivity index (χ2n) is 6.34. The van der Waals surface area contributed by atoms with Crippen LogP contribution in [0, 0.1) is 0 Å². The lowest BCUT2D eigenvalue weighted by Gasteiger charge is -2.29. The molecule has 0 radical (unpaired) electrons. The zero-order valence-electron chi connectivity index (χ0n) is 13.2. The Balaban J connectivity index is 1.81. The van der Waals surface area contributed by atoms with Crippen molar-refractivity contribution >= 4 is 15.7 Å². The Morgan fingerprint density at radius 3 is 2.95 bits per heavy atom. The highest BCUT2D eigenvalue weighted by Gasteiger charge is 2.26. The maximum absolute atomic E-state index is 12.6. The summed E-state index contributed by atoms with van der Waals surface area (Å²) in [5.74, 6) is 0. The molecule has 1 fully saturated rings. The fourth-order valence-corrected chi connectivity index (χ4v) is 4.60. The summed E-state index contributed by atoms with van der Waals surface area (Å²) >= 11 is 0. The number of aryl methyl sites for hydroxylation is 1. The van der Waals surface area contributed by atoms with Crippen molar-refractivity contribution in [3.63, 3.8) is 0 Å². The average molecular weight is 324 g/mol. The number of anilines is 1. The third-order valence-corrected chi connectivity index (χ3v) is 6.04. The van der Waals surface area contributed by atoms with Crippen LogP contribution in [0.5, 0.6) is 0 Å². The number of ether oxygens (including phenoxy) is 1. The highest BCUT2D eigenvalue weighted by atomic mass is 32.2. The van der Waals surface area contributed by atoms with Gasteiger partial charge in [0.05, 0.1) is 11.0 Å². The van der Waals surface area contributed by atoms with Crippen LogP contribution in [0.15, 0.2) is 23.1 Å². The summed E-state index contributed by atoms with van der Waals surface area (Å²) in [6.07, 6.45) is 3.70. The first-order valence-electron chi connectivity index (χ1n) is 7.94. The molecule has 2 atom stereocenters. The fraction of sp³-hybridized carbons (Fsp3) is 0.625. The second kappa shape index (κ2) is 6.18. The molecule has 0 aromatic heterocycles. The maximum Gasteiger partial charge on any atom is 0.240 e. The summed E-state index contributed by atoms with van der Waals surface area (Å²) < 4.78 is 33.6. The number of rotatable bonds is 3. The van der Waals surface area contributed by atoms with Gasteiger partial charge in [0.25, 0.3) is 0 Å². The standard InChI is InChI=1S/C16H24N2O3S/c1-12-10-14(7-9-21-12)17-22(19,20)15-6-5-13-4-3-8-18(2)16(13)11-15/h5-6,11-12,14,17H,3-4,7-10H2,1-2H3/t12-,14-/m1/s1. The van der Waals surface area contributed by atoms with E-state index in [-0.39, 0.29) is 12.1 Å². The van der Waals surface area contributed by atoms with Crippen molar-refractivity contribution in [1.29, 1.82) is 0 Å². The van der Waals surface area contributed by atoms with Crippen LogP contribution in [0.4, 0.5) is 5.69 Å². The first kappa shape index (κ1) is 15.8. The Bertz CT molecular complexity index is 645. The van der Waals surface area contributed by atoms with Gasteiger partial charge < -0.3 is 9.64 Å². The minimum atomic E-state index is -3.47. The summed E-state index contributed by atoms with van der Waals surface area (Å²) in [6, 6.07) is 5.44. The summed E-state index contributed by atoms with van der Waals surface area (Å²) in [7, 11) is -1.46. The Morgan fingerprint density at radius 1 is 1.36 bits per heavy atom. The maximum atomic E-state index is 12.6. The van der Waals surface area contributed by atoms with Crippen molar-refractivity contribution in [3.05, 3.63) is 23.8 Å². The van der Waals surface area contributed by atoms with Gasteiger partial charge in [0, 0.05) is 31.9 Å². The molecule has 5 nitrogen and oxygen atoms in total. The molecule has 1 aromatic carbocycles. The molecule has 1 saturated heterocycles. The molecule has 3 rings (SSSR count). The van der Waals surface area contributed by atoms with Gasteiger partial charge in [-0.15, -0.1) is 0 Å². The van der Waals surface area contributed by atoms with E-state index in [0.29, 0.717) is 11.5 Å². The molecular weight excluding hydrogens is 300 g/mol. The summed E-state index contributed by atoms with van der Waals surface area (Å²) in [4.78, 5) is 2.49. The van der Waals surface area contributed by atoms with Gasteiger partial charge in [-0.25, -0.2) is 13.1 Å². The van der Waals surface area contributed by atoms with Gasteiger partial charge in [-0.2, -0.15) is 0 Å². The second-order valence-corrected chi connectivity index (χ2v) is 8.05. The van der Waals surface area contributed by atoms with E-state index in [2.05, 4.69) is 9.62 Å². The molecule has 0 bridgehead atoms. The summed E-state index contributed by atoms with van der Waals surface area (Å²) in [5.41, 5.74) is 2.27. The monoisotopic (exact) mass is 324 g/mol. The molecule has 0 aliphatic carbocycles. The average Bonchev–Trinajstić information content (AvgIpc) is 2.47. The zero-order valence-corrected chi connectivity index (χ0v) is 14.0. The molecule has 0 spiro atoms. The molecule has 6 heteroatoms. The largest absolute Gasteiger partial charge is 0.378 e. The van der Waals surface area contributed by atoms with Gasteiger partial charge >= 0.3 is 0 Å². The van der Waals surface area contributed by atoms with Crippen molar-refractivity contribution in [2.75, 3.05) is 25.1 Å². The number of nitrogens with one attached hydrogen (secondary N) is 1. The summed E-state index contributed by atoms with van der Waals surface area (Å²) in [5, 5.41) is 0. The van der Waals surface area contributed by atoms with Crippen LogP contribution in [0.25, 0.3) is 0 Å². The molecule has 2 heterocycles. The Kier molecular flexibility index (Phi) is 4.43.